The van der Waals surface area contributed by atoms with Crippen molar-refractivity contribution < 1.29 is 23.1 Å². The molecule has 0 fully saturated rings. The molecule has 2 aromatic rings. The van der Waals surface area contributed by atoms with Gasteiger partial charge in [0.15, 0.2) is 5.69 Å². The van der Waals surface area contributed by atoms with Gasteiger partial charge >= 0.3 is 12.1 Å². The first-order valence-electron chi connectivity index (χ1n) is 6.64. The molecule has 0 saturated heterocycles. The van der Waals surface area contributed by atoms with E-state index in [1.54, 1.807) is 0 Å². The molecule has 0 atom stereocenters. The molecular weight excluding hydrogens is 299 g/mol. The Balaban J connectivity index is 2.11. The van der Waals surface area contributed by atoms with Crippen molar-refractivity contribution in [2.75, 3.05) is 11.9 Å². The Bertz CT molecular complexity index is 720. The zero-order valence-electron chi connectivity index (χ0n) is 11.3. The third kappa shape index (κ3) is 2.40. The van der Waals surface area contributed by atoms with Gasteiger partial charge in [0, 0.05) is 12.1 Å². The molecule has 22 heavy (non-hydrogen) atoms. The van der Waals surface area contributed by atoms with Gasteiger partial charge in [0.25, 0.3) is 0 Å². The second-order valence-electron chi connectivity index (χ2n) is 4.97. The van der Waals surface area contributed by atoms with Crippen molar-refractivity contribution >= 4 is 11.8 Å². The number of nitrogens with zero attached hydrogens (tertiary/aromatic N) is 2. The van der Waals surface area contributed by atoms with Crippen LogP contribution in [-0.4, -0.2) is 27.4 Å². The molecule has 1 aromatic carbocycles. The highest BCUT2D eigenvalue weighted by Gasteiger charge is 2.39. The van der Waals surface area contributed by atoms with Crippen LogP contribution in [0.25, 0.3) is 5.69 Å². The average molecular weight is 311 g/mol. The lowest BCUT2D eigenvalue weighted by molar-refractivity contribution is -0.142. The zero-order valence-corrected chi connectivity index (χ0v) is 11.3. The average Bonchev–Trinajstić information content (AvgIpc) is 2.87. The molecule has 116 valence electrons. The Morgan fingerprint density at radius 2 is 1.95 bits per heavy atom. The van der Waals surface area contributed by atoms with Crippen LogP contribution >= 0.6 is 0 Å². The third-order valence-electron chi connectivity index (χ3n) is 3.51. The van der Waals surface area contributed by atoms with E-state index in [4.69, 9.17) is 5.11 Å². The van der Waals surface area contributed by atoms with Crippen molar-refractivity contribution in [1.29, 1.82) is 0 Å². The summed E-state index contributed by atoms with van der Waals surface area (Å²) in [5, 5.41) is 15.5. The molecule has 1 aromatic heterocycles. The van der Waals surface area contributed by atoms with E-state index < -0.39 is 17.8 Å². The van der Waals surface area contributed by atoms with Crippen molar-refractivity contribution in [2.45, 2.75) is 19.0 Å². The van der Waals surface area contributed by atoms with E-state index >= 15 is 0 Å². The Morgan fingerprint density at radius 1 is 1.27 bits per heavy atom. The van der Waals surface area contributed by atoms with Crippen LogP contribution in [-0.2, 0) is 12.6 Å². The molecule has 0 unspecified atom stereocenters. The summed E-state index contributed by atoms with van der Waals surface area (Å²) in [5.41, 5.74) is -0.294. The summed E-state index contributed by atoms with van der Waals surface area (Å²) in [7, 11) is 0. The number of halogens is 3. The first-order chi connectivity index (χ1) is 10.4. The van der Waals surface area contributed by atoms with E-state index in [2.05, 4.69) is 10.4 Å². The van der Waals surface area contributed by atoms with Crippen molar-refractivity contribution in [3.05, 3.63) is 41.1 Å². The van der Waals surface area contributed by atoms with E-state index in [-0.39, 0.29) is 11.1 Å². The summed E-state index contributed by atoms with van der Waals surface area (Å²) in [6.07, 6.45) is -3.60. The molecule has 2 N–H and O–H groups in total. The minimum absolute atomic E-state index is 0.0637. The van der Waals surface area contributed by atoms with E-state index in [0.29, 0.717) is 30.9 Å². The highest BCUT2D eigenvalue weighted by Crippen LogP contribution is 2.37. The number of carboxylic acid groups (broad SMARTS) is 1. The quantitative estimate of drug-likeness (QED) is 0.895. The van der Waals surface area contributed by atoms with Gasteiger partial charge in [-0.2, -0.15) is 18.3 Å². The van der Waals surface area contributed by atoms with Crippen LogP contribution in [0.3, 0.4) is 0 Å². The number of fused-ring (bicyclic) bond motifs is 1. The van der Waals surface area contributed by atoms with E-state index in [1.807, 2.05) is 0 Å². The van der Waals surface area contributed by atoms with Gasteiger partial charge in [-0.3, -0.25) is 0 Å². The SMILES string of the molecule is O=C(O)c1ccc(-n2nc(C(F)(F)F)c3c2NCCC3)cc1. The monoisotopic (exact) mass is 311 g/mol. The molecule has 0 saturated carbocycles. The maximum Gasteiger partial charge on any atom is 0.435 e. The lowest BCUT2D eigenvalue weighted by atomic mass is 10.1. The number of aromatic nitrogens is 2. The summed E-state index contributed by atoms with van der Waals surface area (Å²) in [5.74, 6) is -0.773. The van der Waals surface area contributed by atoms with Gasteiger partial charge in [-0.1, -0.05) is 0 Å². The first kappa shape index (κ1) is 14.4. The molecule has 0 bridgehead atoms. The van der Waals surface area contributed by atoms with Crippen LogP contribution < -0.4 is 5.32 Å². The van der Waals surface area contributed by atoms with Crippen LogP contribution in [0.15, 0.2) is 24.3 Å². The Labute approximate surface area is 123 Å². The summed E-state index contributed by atoms with van der Waals surface area (Å²) < 4.78 is 40.5. The van der Waals surface area contributed by atoms with Gasteiger partial charge in [-0.15, -0.1) is 0 Å². The summed E-state index contributed by atoms with van der Waals surface area (Å²) in [4.78, 5) is 10.8. The smallest absolute Gasteiger partial charge is 0.435 e. The second-order valence-corrected chi connectivity index (χ2v) is 4.97. The summed E-state index contributed by atoms with van der Waals surface area (Å²) in [6, 6.07) is 5.55. The molecule has 0 amide bonds. The van der Waals surface area contributed by atoms with Gasteiger partial charge in [-0.25, -0.2) is 9.48 Å². The molecule has 8 heteroatoms. The number of hydrogen-bond acceptors (Lipinski definition) is 3. The van der Waals surface area contributed by atoms with E-state index in [9.17, 15) is 18.0 Å². The highest BCUT2D eigenvalue weighted by atomic mass is 19.4. The second kappa shape index (κ2) is 5.04. The maximum atomic E-state index is 13.1. The fourth-order valence-corrected chi connectivity index (χ4v) is 2.50. The van der Waals surface area contributed by atoms with Crippen LogP contribution in [0.5, 0.6) is 0 Å². The Hall–Kier alpha value is -2.51. The maximum absolute atomic E-state index is 13.1. The van der Waals surface area contributed by atoms with Gasteiger partial charge in [0.05, 0.1) is 11.3 Å². The predicted molar refractivity (Wildman–Crippen MR) is 72.3 cm³/mol. The van der Waals surface area contributed by atoms with Crippen molar-refractivity contribution in [3.8, 4) is 5.69 Å². The zero-order chi connectivity index (χ0) is 15.9. The van der Waals surface area contributed by atoms with Crippen LogP contribution in [0.4, 0.5) is 19.0 Å². The van der Waals surface area contributed by atoms with E-state index in [0.717, 1.165) is 0 Å². The van der Waals surface area contributed by atoms with Crippen LogP contribution in [0.1, 0.15) is 28.0 Å². The van der Waals surface area contributed by atoms with Crippen molar-refractivity contribution in [2.24, 2.45) is 0 Å². The number of carbonyl (C=O) groups is 1. The molecule has 3 rings (SSSR count). The standard InChI is InChI=1S/C14H12F3N3O2/c15-14(16,17)11-10-2-1-7-18-12(10)20(19-11)9-5-3-8(4-6-9)13(21)22/h3-6,18H,1-2,7H2,(H,21,22). The lowest BCUT2D eigenvalue weighted by Crippen LogP contribution is -2.15. The number of nitrogens with one attached hydrogen (secondary N) is 1. The minimum Gasteiger partial charge on any atom is -0.478 e. The first-order valence-corrected chi connectivity index (χ1v) is 6.64. The molecular formula is C14H12F3N3O2. The molecule has 2 heterocycles. The van der Waals surface area contributed by atoms with Crippen molar-refractivity contribution in [3.63, 3.8) is 0 Å². The molecule has 1 aliphatic rings. The summed E-state index contributed by atoms with van der Waals surface area (Å²) >= 11 is 0. The number of hydrogen-bond donors (Lipinski definition) is 2. The predicted octanol–water partition coefficient (Wildman–Crippen LogP) is 2.95. The third-order valence-corrected chi connectivity index (χ3v) is 3.51. The van der Waals surface area contributed by atoms with Gasteiger partial charge in [0.1, 0.15) is 5.82 Å². The van der Waals surface area contributed by atoms with Crippen molar-refractivity contribution in [1.82, 2.24) is 9.78 Å². The van der Waals surface area contributed by atoms with Crippen LogP contribution in [0.2, 0.25) is 0 Å². The largest absolute Gasteiger partial charge is 0.478 e. The minimum atomic E-state index is -4.52. The van der Waals surface area contributed by atoms with E-state index in [1.165, 1.54) is 28.9 Å². The number of aromatic carboxylic acids is 1. The van der Waals surface area contributed by atoms with Crippen LogP contribution in [0, 0.1) is 0 Å². The highest BCUT2D eigenvalue weighted by molar-refractivity contribution is 5.87. The number of carboxylic acids is 1. The topological polar surface area (TPSA) is 67.1 Å². The molecule has 0 spiro atoms. The molecule has 5 nitrogen and oxygen atoms in total. The molecule has 0 aliphatic carbocycles. The number of rotatable bonds is 2. The normalized spacial score (nSPS) is 14.3. The fraction of sp³-hybridized carbons (Fsp3) is 0.286. The fourth-order valence-electron chi connectivity index (χ4n) is 2.50. The number of anilines is 1. The Kier molecular flexibility index (Phi) is 3.31. The Morgan fingerprint density at radius 3 is 2.55 bits per heavy atom. The van der Waals surface area contributed by atoms with Gasteiger partial charge in [0.2, 0.25) is 0 Å². The van der Waals surface area contributed by atoms with Gasteiger partial charge < -0.3 is 10.4 Å². The molecule has 0 radical (unpaired) electrons. The molecule has 1 aliphatic heterocycles. The summed E-state index contributed by atoms with van der Waals surface area (Å²) in [6.45, 7) is 0.573. The number of benzene rings is 1. The van der Waals surface area contributed by atoms with Gasteiger partial charge in [-0.05, 0) is 37.1 Å². The lowest BCUT2D eigenvalue weighted by Gasteiger charge is -2.16. The number of alkyl halides is 3.